The van der Waals surface area contributed by atoms with Gasteiger partial charge in [0.15, 0.2) is 0 Å². The molecule has 0 spiro atoms. The summed E-state index contributed by atoms with van der Waals surface area (Å²) in [6.45, 7) is 4.60. The molecular formula is C20H36O4Sb. The van der Waals surface area contributed by atoms with Crippen molar-refractivity contribution in [1.29, 1.82) is 0 Å². The second kappa shape index (κ2) is 23.5. The smallest absolute Gasteiger partial charge is 0.0643 e. The average molecular weight is 462 g/mol. The van der Waals surface area contributed by atoms with E-state index in [4.69, 9.17) is 0 Å². The first-order chi connectivity index (χ1) is 12.0. The van der Waals surface area contributed by atoms with Gasteiger partial charge in [0.2, 0.25) is 0 Å². The number of unbranched alkanes of at least 4 members (excludes halogenated alkanes) is 10. The number of carbonyl (C=O) groups excluding carboxylic acids is 2. The van der Waals surface area contributed by atoms with E-state index in [0.717, 1.165) is 0 Å². The Hall–Kier alpha value is -0.502. The molecule has 0 aliphatic heterocycles. The molecule has 145 valence electrons. The van der Waals surface area contributed by atoms with Crippen LogP contribution in [-0.2, 0) is 9.59 Å². The number of carbonyl (C=O) groups is 2. The fraction of sp³-hybridized carbons (Fsp3) is 0.800. The zero-order valence-electron chi connectivity index (χ0n) is 16.1. The van der Waals surface area contributed by atoms with Crippen LogP contribution < -0.4 is 10.2 Å². The summed E-state index contributed by atoms with van der Waals surface area (Å²) in [5.74, 6) is -3.09. The van der Waals surface area contributed by atoms with Crippen molar-refractivity contribution < 1.29 is 19.8 Å². The van der Waals surface area contributed by atoms with E-state index in [9.17, 15) is 19.8 Å². The quantitative estimate of drug-likeness (QED) is 0.200. The monoisotopic (exact) mass is 461 g/mol. The van der Waals surface area contributed by atoms with Gasteiger partial charge in [-0.25, -0.2) is 0 Å². The van der Waals surface area contributed by atoms with Crippen LogP contribution in [0.2, 0.25) is 8.73 Å². The molecule has 0 bridgehead atoms. The molecule has 0 N–H and O–H groups in total. The Morgan fingerprint density at radius 3 is 1.28 bits per heavy atom. The Balaban J connectivity index is 0. The molecular weight excluding hydrogens is 426 g/mol. The van der Waals surface area contributed by atoms with E-state index in [1.54, 1.807) is 21.6 Å². The Morgan fingerprint density at radius 2 is 0.960 bits per heavy atom. The van der Waals surface area contributed by atoms with E-state index in [1.807, 2.05) is 0 Å². The summed E-state index contributed by atoms with van der Waals surface area (Å²) in [5.41, 5.74) is 0. The first-order valence-corrected chi connectivity index (χ1v) is 13.4. The van der Waals surface area contributed by atoms with Gasteiger partial charge in [-0.3, -0.25) is 0 Å². The number of carboxylic acids is 2. The van der Waals surface area contributed by atoms with E-state index in [1.165, 1.54) is 64.2 Å². The first kappa shape index (κ1) is 26.7. The minimum Gasteiger partial charge on any atom is -0.545 e. The van der Waals surface area contributed by atoms with Crippen molar-refractivity contribution in [3.63, 3.8) is 0 Å². The van der Waals surface area contributed by atoms with Gasteiger partial charge in [-0.1, -0.05) is 0 Å². The van der Waals surface area contributed by atoms with E-state index in [-0.39, 0.29) is 21.6 Å². The van der Waals surface area contributed by atoms with Gasteiger partial charge in [0.1, 0.15) is 0 Å². The van der Waals surface area contributed by atoms with Crippen LogP contribution in [0, 0.1) is 0 Å². The standard InChI is InChI=1S/2C8H17.C4H4O4.Sb/c2*1-3-5-7-8-6-4-2;5-3(6)1-2-4(7)8;/h2*1,3-8H2,2H3;1-2H,(H,5,6)(H,7,8);/q;;;+2/p-2. The molecule has 0 unspecified atom stereocenters. The zero-order valence-corrected chi connectivity index (χ0v) is 18.7. The Morgan fingerprint density at radius 1 is 0.640 bits per heavy atom. The summed E-state index contributed by atoms with van der Waals surface area (Å²) in [6.07, 6.45) is 18.6. The molecule has 0 atom stereocenters. The van der Waals surface area contributed by atoms with Crippen LogP contribution in [0.3, 0.4) is 0 Å². The maximum atomic E-state index is 9.41. The minimum atomic E-state index is -1.55. The second-order valence-electron chi connectivity index (χ2n) is 6.18. The topological polar surface area (TPSA) is 80.3 Å². The van der Waals surface area contributed by atoms with Crippen LogP contribution >= 0.6 is 0 Å². The molecule has 0 aromatic rings. The molecule has 0 amide bonds. The van der Waals surface area contributed by atoms with E-state index in [0.29, 0.717) is 12.2 Å². The van der Waals surface area contributed by atoms with Crippen LogP contribution in [0.5, 0.6) is 0 Å². The first-order valence-electron chi connectivity index (χ1n) is 9.77. The number of hydrogen-bond acceptors (Lipinski definition) is 4. The molecule has 0 aromatic heterocycles. The molecule has 0 rings (SSSR count). The van der Waals surface area contributed by atoms with E-state index in [2.05, 4.69) is 13.8 Å². The largest absolute Gasteiger partial charge is 0.545 e. The summed E-state index contributed by atoms with van der Waals surface area (Å²) in [5, 5.41) is 18.8. The van der Waals surface area contributed by atoms with Crippen molar-refractivity contribution in [2.45, 2.75) is 99.6 Å². The van der Waals surface area contributed by atoms with Crippen molar-refractivity contribution in [1.82, 2.24) is 0 Å². The predicted molar refractivity (Wildman–Crippen MR) is 101 cm³/mol. The maximum absolute atomic E-state index is 9.41. The molecule has 0 aliphatic carbocycles. The maximum Gasteiger partial charge on any atom is 0.0643 e. The van der Waals surface area contributed by atoms with Gasteiger partial charge in [0.05, 0.1) is 11.9 Å². The number of rotatable bonds is 16. The molecule has 0 saturated heterocycles. The van der Waals surface area contributed by atoms with Gasteiger partial charge >= 0.3 is 121 Å². The molecule has 0 heterocycles. The van der Waals surface area contributed by atoms with Crippen molar-refractivity contribution in [3.8, 4) is 0 Å². The Bertz CT molecular complexity index is 300. The van der Waals surface area contributed by atoms with E-state index >= 15 is 0 Å². The Labute approximate surface area is 165 Å². The molecule has 0 aromatic carbocycles. The third-order valence-corrected chi connectivity index (χ3v) is 7.31. The van der Waals surface area contributed by atoms with Crippen LogP contribution in [0.1, 0.15) is 90.9 Å². The normalized spacial score (nSPS) is 10.3. The third-order valence-electron chi connectivity index (χ3n) is 3.70. The third kappa shape index (κ3) is 31.7. The van der Waals surface area contributed by atoms with Crippen molar-refractivity contribution in [2.24, 2.45) is 0 Å². The van der Waals surface area contributed by atoms with Gasteiger partial charge in [0, 0.05) is 0 Å². The molecule has 25 heavy (non-hydrogen) atoms. The number of aliphatic carboxylic acids is 2. The van der Waals surface area contributed by atoms with Crippen LogP contribution in [0.4, 0.5) is 0 Å². The molecule has 0 aliphatic rings. The van der Waals surface area contributed by atoms with Gasteiger partial charge in [-0.05, 0) is 12.2 Å². The molecule has 4 nitrogen and oxygen atoms in total. The fourth-order valence-electron chi connectivity index (χ4n) is 2.26. The summed E-state index contributed by atoms with van der Waals surface area (Å²) in [6, 6.07) is 0. The van der Waals surface area contributed by atoms with Crippen LogP contribution in [0.15, 0.2) is 12.2 Å². The Kier molecular flexibility index (Phi) is 25.1. The van der Waals surface area contributed by atoms with Gasteiger partial charge in [0.25, 0.3) is 0 Å². The van der Waals surface area contributed by atoms with Crippen LogP contribution in [-0.4, -0.2) is 33.6 Å². The molecule has 5 heteroatoms. The summed E-state index contributed by atoms with van der Waals surface area (Å²) in [7, 11) is 0. The summed E-state index contributed by atoms with van der Waals surface area (Å²) >= 11 is 0.240. The van der Waals surface area contributed by atoms with Crippen molar-refractivity contribution in [3.05, 3.63) is 12.2 Å². The van der Waals surface area contributed by atoms with Crippen molar-refractivity contribution in [2.75, 3.05) is 0 Å². The SMILES string of the molecule is CCCCCCC[CH2][Sb+2][CH2]CCCCCCC.O=C([O-])C=CC(=O)[O-]. The van der Waals surface area contributed by atoms with Crippen molar-refractivity contribution >= 4 is 33.6 Å². The summed E-state index contributed by atoms with van der Waals surface area (Å²) in [4.78, 5) is 18.8. The molecule has 1 radical (unpaired) electrons. The minimum absolute atomic E-state index is 0.240. The van der Waals surface area contributed by atoms with Gasteiger partial charge in [-0.15, -0.1) is 0 Å². The molecule has 0 saturated carbocycles. The van der Waals surface area contributed by atoms with Crippen LogP contribution in [0.25, 0.3) is 0 Å². The average Bonchev–Trinajstić information content (AvgIpc) is 2.58. The number of hydrogen-bond donors (Lipinski definition) is 0. The van der Waals surface area contributed by atoms with Gasteiger partial charge < -0.3 is 19.8 Å². The van der Waals surface area contributed by atoms with Gasteiger partial charge in [-0.2, -0.15) is 0 Å². The predicted octanol–water partition coefficient (Wildman–Crippen LogP) is 3.29. The second-order valence-corrected chi connectivity index (χ2v) is 10.0. The number of carboxylic acid groups (broad SMARTS) is 2. The summed E-state index contributed by atoms with van der Waals surface area (Å²) < 4.78 is 3.27. The van der Waals surface area contributed by atoms with E-state index < -0.39 is 11.9 Å². The molecule has 0 fully saturated rings. The zero-order chi connectivity index (χ0) is 19.2. The fourth-order valence-corrected chi connectivity index (χ4v) is 5.45.